The molecular weight excluding hydrogens is 629 g/mol. The van der Waals surface area contributed by atoms with Crippen LogP contribution >= 0.6 is 11.8 Å². The van der Waals surface area contributed by atoms with E-state index in [2.05, 4.69) is 36.4 Å². The highest BCUT2D eigenvalue weighted by molar-refractivity contribution is 8.05. The second kappa shape index (κ2) is 15.4. The lowest BCUT2D eigenvalue weighted by molar-refractivity contribution is -0.112. The van der Waals surface area contributed by atoms with Crippen LogP contribution < -0.4 is 4.74 Å². The zero-order valence-electron chi connectivity index (χ0n) is 27.3. The summed E-state index contributed by atoms with van der Waals surface area (Å²) in [6.45, 7) is 0.493. The fourth-order valence-corrected chi connectivity index (χ4v) is 7.77. The number of carbonyl (C=O) groups excluding carboxylic acids is 2. The van der Waals surface area contributed by atoms with Gasteiger partial charge in [-0.3, -0.25) is 4.79 Å². The summed E-state index contributed by atoms with van der Waals surface area (Å²) < 4.78 is 9.97. The first-order valence-electron chi connectivity index (χ1n) is 16.4. The number of para-hydroxylation sites is 1. The number of allylic oxidation sites excluding steroid dienone is 1. The molecule has 0 aliphatic heterocycles. The lowest BCUT2D eigenvalue weighted by Gasteiger charge is -2.35. The molecule has 6 heteroatoms. The number of carbonyl (C=O) groups is 2. The van der Waals surface area contributed by atoms with Crippen LogP contribution in [0.3, 0.4) is 0 Å². The van der Waals surface area contributed by atoms with Crippen molar-refractivity contribution in [3.05, 3.63) is 190 Å². The second-order valence-corrected chi connectivity index (χ2v) is 13.2. The van der Waals surface area contributed by atoms with Crippen LogP contribution in [0, 0.1) is 0 Å². The summed E-state index contributed by atoms with van der Waals surface area (Å²) in [5.41, 5.74) is 2.94. The number of aliphatic hydroxyl groups is 1. The second-order valence-electron chi connectivity index (χ2n) is 11.9. The molecule has 0 saturated heterocycles. The van der Waals surface area contributed by atoms with Crippen molar-refractivity contribution in [2.75, 3.05) is 13.7 Å². The summed E-state index contributed by atoms with van der Waals surface area (Å²) in [7, 11) is 1.34. The number of benzene rings is 5. The molecule has 0 fully saturated rings. The molecule has 0 heterocycles. The smallest absolute Gasteiger partial charge is 0.337 e. The van der Waals surface area contributed by atoms with E-state index in [1.807, 2.05) is 84.9 Å². The zero-order valence-corrected chi connectivity index (χ0v) is 28.1. The molecular formula is C43H38O5S. The minimum absolute atomic E-state index is 0.225. The van der Waals surface area contributed by atoms with Gasteiger partial charge >= 0.3 is 5.97 Å². The van der Waals surface area contributed by atoms with E-state index >= 15 is 0 Å². The average Bonchev–Trinajstić information content (AvgIpc) is 3.39. The lowest BCUT2D eigenvalue weighted by Crippen LogP contribution is -2.28. The van der Waals surface area contributed by atoms with Gasteiger partial charge in [-0.15, -0.1) is 11.8 Å². The number of ketones is 1. The van der Waals surface area contributed by atoms with E-state index in [0.29, 0.717) is 47.5 Å². The molecule has 0 aromatic heterocycles. The first-order chi connectivity index (χ1) is 23.9. The summed E-state index contributed by atoms with van der Waals surface area (Å²) in [4.78, 5) is 27.1. The van der Waals surface area contributed by atoms with Gasteiger partial charge in [0, 0.05) is 5.57 Å². The number of rotatable bonds is 13. The van der Waals surface area contributed by atoms with Gasteiger partial charge in [-0.05, 0) is 77.9 Å². The fraction of sp³-hybridized carbons (Fsp3) is 0.163. The summed E-state index contributed by atoms with van der Waals surface area (Å²) in [5, 5.41) is 12.4. The zero-order chi connectivity index (χ0) is 34.1. The largest absolute Gasteiger partial charge is 0.494 e. The average molecular weight is 667 g/mol. The van der Waals surface area contributed by atoms with Crippen LogP contribution in [0.1, 0.15) is 51.9 Å². The minimum atomic E-state index is -1.51. The van der Waals surface area contributed by atoms with Gasteiger partial charge in [0.15, 0.2) is 5.78 Å². The minimum Gasteiger partial charge on any atom is -0.494 e. The quantitative estimate of drug-likeness (QED) is 0.0585. The molecule has 1 aliphatic rings. The lowest BCUT2D eigenvalue weighted by atomic mass is 9.84. The highest BCUT2D eigenvalue weighted by Gasteiger charge is 2.46. The topological polar surface area (TPSA) is 72.8 Å². The molecule has 0 radical (unpaired) electrons. The van der Waals surface area contributed by atoms with Gasteiger partial charge < -0.3 is 14.6 Å². The molecule has 1 atom stereocenters. The molecule has 5 aromatic rings. The number of hydrogen-bond acceptors (Lipinski definition) is 6. The number of methoxy groups -OCH3 is 1. The van der Waals surface area contributed by atoms with Crippen molar-refractivity contribution in [3.63, 3.8) is 0 Å². The van der Waals surface area contributed by atoms with Crippen LogP contribution in [0.4, 0.5) is 0 Å². The maximum Gasteiger partial charge on any atom is 0.337 e. The number of ether oxygens (including phenoxy) is 2. The summed E-state index contributed by atoms with van der Waals surface area (Å²) in [5.74, 6) is 0.132. The third kappa shape index (κ3) is 7.46. The summed E-state index contributed by atoms with van der Waals surface area (Å²) >= 11 is 1.46. The molecule has 5 aromatic carbocycles. The number of hydrogen-bond donors (Lipinski definition) is 1. The standard InChI is InChI=1S/C43H38O5S/c1-47-41(45)33-26-24-32(25-27-33)30-38-40(44)39(31-42(38,46)28-14-15-29-48-37-22-12-5-13-23-37)49-43(34-16-6-2-7-17-34,35-18-8-3-9-19-35)36-20-10-4-11-21-36/h2-13,16-27,30-31,46H,14-15,28-29H2,1H3/b38-30-. The van der Waals surface area contributed by atoms with Crippen molar-refractivity contribution in [2.24, 2.45) is 0 Å². The predicted octanol–water partition coefficient (Wildman–Crippen LogP) is 9.03. The number of esters is 1. The Morgan fingerprint density at radius 2 is 1.24 bits per heavy atom. The van der Waals surface area contributed by atoms with Crippen molar-refractivity contribution in [2.45, 2.75) is 29.6 Å². The summed E-state index contributed by atoms with van der Waals surface area (Å²) in [6.07, 6.45) is 5.15. The van der Waals surface area contributed by atoms with E-state index in [0.717, 1.165) is 22.4 Å². The fourth-order valence-electron chi connectivity index (χ4n) is 6.23. The van der Waals surface area contributed by atoms with E-state index in [4.69, 9.17) is 9.47 Å². The number of Topliss-reactive ketones (excluding diaryl/α,β-unsaturated/α-hetero) is 1. The van der Waals surface area contributed by atoms with Gasteiger partial charge in [-0.25, -0.2) is 4.79 Å². The van der Waals surface area contributed by atoms with Crippen molar-refractivity contribution in [1.29, 1.82) is 0 Å². The van der Waals surface area contributed by atoms with Crippen molar-refractivity contribution in [3.8, 4) is 5.75 Å². The van der Waals surface area contributed by atoms with Crippen molar-refractivity contribution < 1.29 is 24.2 Å². The Morgan fingerprint density at radius 3 is 1.76 bits per heavy atom. The molecule has 0 spiro atoms. The third-order valence-electron chi connectivity index (χ3n) is 8.72. The Hall–Kier alpha value is -5.17. The molecule has 5 nitrogen and oxygen atoms in total. The van der Waals surface area contributed by atoms with Crippen LogP contribution in [0.5, 0.6) is 5.75 Å². The maximum atomic E-state index is 14.6. The van der Waals surface area contributed by atoms with Gasteiger partial charge in [0.25, 0.3) is 0 Å². The molecule has 1 aliphatic carbocycles. The van der Waals surface area contributed by atoms with Crippen LogP contribution in [0.15, 0.2) is 162 Å². The highest BCUT2D eigenvalue weighted by Crippen LogP contribution is 2.54. The predicted molar refractivity (Wildman–Crippen MR) is 196 cm³/mol. The monoisotopic (exact) mass is 666 g/mol. The molecule has 1 N–H and O–H groups in total. The maximum absolute atomic E-state index is 14.6. The number of unbranched alkanes of at least 4 members (excludes halogenated alkanes) is 1. The molecule has 49 heavy (non-hydrogen) atoms. The Morgan fingerprint density at radius 1 is 0.735 bits per heavy atom. The van der Waals surface area contributed by atoms with Crippen LogP contribution in [0.25, 0.3) is 6.08 Å². The van der Waals surface area contributed by atoms with Gasteiger partial charge in [0.2, 0.25) is 0 Å². The van der Waals surface area contributed by atoms with Gasteiger partial charge in [0.1, 0.15) is 11.4 Å². The summed E-state index contributed by atoms with van der Waals surface area (Å²) in [6, 6.07) is 47.0. The van der Waals surface area contributed by atoms with E-state index in [9.17, 15) is 14.7 Å². The Labute approximate surface area is 291 Å². The van der Waals surface area contributed by atoms with Gasteiger partial charge in [-0.1, -0.05) is 121 Å². The van der Waals surface area contributed by atoms with Crippen LogP contribution in [0.2, 0.25) is 0 Å². The van der Waals surface area contributed by atoms with Gasteiger partial charge in [0.05, 0.1) is 28.9 Å². The Bertz CT molecular complexity index is 1820. The number of thioether (sulfide) groups is 1. The van der Waals surface area contributed by atoms with E-state index < -0.39 is 16.3 Å². The SMILES string of the molecule is COC(=O)c1ccc(/C=C2/C(=O)C(SC(c3ccccc3)(c3ccccc3)c3ccccc3)=CC2(O)CCCCOc2ccccc2)cc1. The molecule has 0 bridgehead atoms. The normalized spacial score (nSPS) is 16.7. The van der Waals surface area contributed by atoms with Crippen LogP contribution in [-0.4, -0.2) is 36.2 Å². The van der Waals surface area contributed by atoms with Crippen LogP contribution in [-0.2, 0) is 14.3 Å². The van der Waals surface area contributed by atoms with E-state index in [1.165, 1.54) is 18.9 Å². The van der Waals surface area contributed by atoms with E-state index in [-0.39, 0.29) is 5.78 Å². The first-order valence-corrected chi connectivity index (χ1v) is 17.2. The Balaban J connectivity index is 1.39. The van der Waals surface area contributed by atoms with Crippen molar-refractivity contribution in [1.82, 2.24) is 0 Å². The highest BCUT2D eigenvalue weighted by atomic mass is 32.2. The Kier molecular flexibility index (Phi) is 10.6. The first kappa shape index (κ1) is 33.7. The molecule has 1 unspecified atom stereocenters. The van der Waals surface area contributed by atoms with Gasteiger partial charge in [-0.2, -0.15) is 0 Å². The molecule has 0 saturated carbocycles. The molecule has 6 rings (SSSR count). The molecule has 246 valence electrons. The van der Waals surface area contributed by atoms with E-state index in [1.54, 1.807) is 36.4 Å². The molecule has 0 amide bonds. The third-order valence-corrected chi connectivity index (χ3v) is 10.3. The van der Waals surface area contributed by atoms with Crippen molar-refractivity contribution >= 4 is 29.6 Å².